The van der Waals surface area contributed by atoms with Crippen molar-refractivity contribution in [1.82, 2.24) is 0 Å². The number of nitro groups is 1. The van der Waals surface area contributed by atoms with E-state index in [4.69, 9.17) is 10.00 Å². The van der Waals surface area contributed by atoms with Gasteiger partial charge in [-0.15, -0.1) is 0 Å². The number of rotatable bonds is 5. The summed E-state index contributed by atoms with van der Waals surface area (Å²) in [6.45, 7) is -0.206. The van der Waals surface area contributed by atoms with Gasteiger partial charge < -0.3 is 4.74 Å². The average molecular weight is 274 g/mol. The molecule has 0 radical (unpaired) electrons. The summed E-state index contributed by atoms with van der Waals surface area (Å²) < 4.78 is 40.6. The number of hydrogen-bond donors (Lipinski definition) is 0. The number of nitrogens with zero attached hydrogens (tertiary/aromatic N) is 2. The Morgan fingerprint density at radius 2 is 2.11 bits per heavy atom. The van der Waals surface area contributed by atoms with Gasteiger partial charge in [-0.25, -0.2) is 0 Å². The van der Waals surface area contributed by atoms with Crippen LogP contribution in [-0.4, -0.2) is 17.7 Å². The molecule has 0 heterocycles. The van der Waals surface area contributed by atoms with Crippen molar-refractivity contribution >= 4 is 5.69 Å². The summed E-state index contributed by atoms with van der Waals surface area (Å²) in [6.07, 6.45) is -5.47. The fourth-order valence-electron chi connectivity index (χ4n) is 1.31. The van der Waals surface area contributed by atoms with E-state index in [1.165, 1.54) is 12.1 Å². The van der Waals surface area contributed by atoms with Gasteiger partial charge in [0, 0.05) is 6.42 Å². The van der Waals surface area contributed by atoms with Crippen LogP contribution in [0.1, 0.15) is 18.4 Å². The van der Waals surface area contributed by atoms with E-state index in [9.17, 15) is 23.3 Å². The van der Waals surface area contributed by atoms with Crippen molar-refractivity contribution in [2.45, 2.75) is 19.0 Å². The van der Waals surface area contributed by atoms with Crippen molar-refractivity contribution < 1.29 is 22.8 Å². The molecule has 0 aliphatic rings. The van der Waals surface area contributed by atoms with Crippen molar-refractivity contribution in [1.29, 1.82) is 5.26 Å². The van der Waals surface area contributed by atoms with E-state index < -0.39 is 23.2 Å². The van der Waals surface area contributed by atoms with E-state index in [2.05, 4.69) is 0 Å². The molecule has 5 nitrogen and oxygen atoms in total. The van der Waals surface area contributed by atoms with Crippen molar-refractivity contribution in [3.63, 3.8) is 0 Å². The number of alkyl halides is 3. The highest BCUT2D eigenvalue weighted by molar-refractivity contribution is 5.52. The fourth-order valence-corrected chi connectivity index (χ4v) is 1.31. The predicted molar refractivity (Wildman–Crippen MR) is 58.6 cm³/mol. The minimum atomic E-state index is -4.25. The van der Waals surface area contributed by atoms with E-state index in [1.54, 1.807) is 6.07 Å². The minimum Gasteiger partial charge on any atom is -0.493 e. The summed E-state index contributed by atoms with van der Waals surface area (Å²) in [7, 11) is 0. The maximum atomic E-state index is 11.9. The van der Waals surface area contributed by atoms with Crippen LogP contribution in [0.25, 0.3) is 0 Å². The highest BCUT2D eigenvalue weighted by Gasteiger charge is 2.26. The van der Waals surface area contributed by atoms with Gasteiger partial charge in [-0.3, -0.25) is 10.1 Å². The van der Waals surface area contributed by atoms with Crippen molar-refractivity contribution in [2.24, 2.45) is 0 Å². The van der Waals surface area contributed by atoms with Crippen LogP contribution >= 0.6 is 0 Å². The van der Waals surface area contributed by atoms with E-state index in [-0.39, 0.29) is 24.3 Å². The first-order valence-corrected chi connectivity index (χ1v) is 5.21. The summed E-state index contributed by atoms with van der Waals surface area (Å²) in [5, 5.41) is 19.3. The zero-order valence-corrected chi connectivity index (χ0v) is 9.61. The molecule has 0 amide bonds. The molecule has 102 valence electrons. The van der Waals surface area contributed by atoms with Gasteiger partial charge in [0.1, 0.15) is 17.4 Å². The van der Waals surface area contributed by atoms with E-state index >= 15 is 0 Å². The largest absolute Gasteiger partial charge is 0.493 e. The van der Waals surface area contributed by atoms with Gasteiger partial charge in [0.05, 0.1) is 17.6 Å². The summed E-state index contributed by atoms with van der Waals surface area (Å²) in [5.74, 6) is 0.0628. The first kappa shape index (κ1) is 14.8. The molecule has 1 rings (SSSR count). The molecule has 0 saturated heterocycles. The Balaban J connectivity index is 2.63. The Labute approximate surface area is 106 Å². The van der Waals surface area contributed by atoms with Gasteiger partial charge in [-0.1, -0.05) is 0 Å². The fraction of sp³-hybridized carbons (Fsp3) is 0.364. The van der Waals surface area contributed by atoms with Crippen molar-refractivity contribution in [3.8, 4) is 11.8 Å². The smallest absolute Gasteiger partial charge is 0.389 e. The highest BCUT2D eigenvalue weighted by Crippen LogP contribution is 2.25. The Morgan fingerprint density at radius 3 is 2.63 bits per heavy atom. The van der Waals surface area contributed by atoms with Crippen LogP contribution in [0.3, 0.4) is 0 Å². The third kappa shape index (κ3) is 4.83. The van der Waals surface area contributed by atoms with Crippen molar-refractivity contribution in [2.75, 3.05) is 6.61 Å². The molecule has 1 aromatic carbocycles. The van der Waals surface area contributed by atoms with E-state index in [0.29, 0.717) is 0 Å². The SMILES string of the molecule is N#Cc1ccc(OCCCC(F)(F)F)cc1[N+](=O)[O-]. The number of hydrogen-bond acceptors (Lipinski definition) is 4. The Kier molecular flexibility index (Phi) is 4.69. The topological polar surface area (TPSA) is 76.2 Å². The highest BCUT2D eigenvalue weighted by atomic mass is 19.4. The molecular weight excluding hydrogens is 265 g/mol. The van der Waals surface area contributed by atoms with Gasteiger partial charge in [0.25, 0.3) is 5.69 Å². The number of ether oxygens (including phenoxy) is 1. The molecule has 19 heavy (non-hydrogen) atoms. The molecule has 0 bridgehead atoms. The van der Waals surface area contributed by atoms with Gasteiger partial charge in [0.15, 0.2) is 0 Å². The molecule has 8 heteroatoms. The average Bonchev–Trinajstić information content (AvgIpc) is 2.33. The molecule has 0 N–H and O–H groups in total. The first-order valence-electron chi connectivity index (χ1n) is 5.21. The van der Waals surface area contributed by atoms with Gasteiger partial charge in [-0.05, 0) is 18.6 Å². The zero-order valence-electron chi connectivity index (χ0n) is 9.61. The van der Waals surface area contributed by atoms with Crippen LogP contribution in [0.15, 0.2) is 18.2 Å². The second-order valence-electron chi connectivity index (χ2n) is 3.62. The number of benzene rings is 1. The Bertz CT molecular complexity index is 509. The molecule has 0 saturated carbocycles. The molecule has 0 spiro atoms. The normalized spacial score (nSPS) is 10.8. The maximum absolute atomic E-state index is 11.9. The maximum Gasteiger partial charge on any atom is 0.389 e. The molecule has 0 aromatic heterocycles. The quantitative estimate of drug-likeness (QED) is 0.469. The molecule has 0 unspecified atom stereocenters. The monoisotopic (exact) mass is 274 g/mol. The van der Waals surface area contributed by atoms with Gasteiger partial charge in [0.2, 0.25) is 0 Å². The van der Waals surface area contributed by atoms with Crippen LogP contribution in [0.5, 0.6) is 5.75 Å². The van der Waals surface area contributed by atoms with Crippen LogP contribution < -0.4 is 4.74 Å². The lowest BCUT2D eigenvalue weighted by Crippen LogP contribution is -2.09. The van der Waals surface area contributed by atoms with Crippen LogP contribution in [0, 0.1) is 21.4 Å². The van der Waals surface area contributed by atoms with E-state index in [0.717, 1.165) is 6.07 Å². The molecule has 0 atom stereocenters. The zero-order chi connectivity index (χ0) is 14.5. The lowest BCUT2D eigenvalue weighted by Gasteiger charge is -2.08. The first-order chi connectivity index (χ1) is 8.83. The van der Waals surface area contributed by atoms with Crippen LogP contribution in [0.4, 0.5) is 18.9 Å². The summed E-state index contributed by atoms with van der Waals surface area (Å²) in [6, 6.07) is 5.16. The predicted octanol–water partition coefficient (Wildman–Crippen LogP) is 3.19. The van der Waals surface area contributed by atoms with E-state index in [1.807, 2.05) is 0 Å². The molecule has 0 aliphatic heterocycles. The lowest BCUT2D eigenvalue weighted by molar-refractivity contribution is -0.385. The standard InChI is InChI=1S/C11H9F3N2O3/c12-11(13,14)4-1-5-19-9-3-2-8(7-15)10(6-9)16(17)18/h2-3,6H,1,4-5H2. The molecule has 0 aliphatic carbocycles. The summed E-state index contributed by atoms with van der Waals surface area (Å²) in [5.41, 5.74) is -0.566. The minimum absolute atomic E-state index is 0.0628. The Hall–Kier alpha value is -2.30. The third-order valence-electron chi connectivity index (χ3n) is 2.16. The lowest BCUT2D eigenvalue weighted by atomic mass is 10.2. The second-order valence-corrected chi connectivity index (χ2v) is 3.62. The number of nitriles is 1. The van der Waals surface area contributed by atoms with Gasteiger partial charge in [-0.2, -0.15) is 18.4 Å². The number of nitro benzene ring substituents is 1. The Morgan fingerprint density at radius 1 is 1.42 bits per heavy atom. The summed E-state index contributed by atoms with van der Waals surface area (Å²) >= 11 is 0. The van der Waals surface area contributed by atoms with Crippen molar-refractivity contribution in [3.05, 3.63) is 33.9 Å². The van der Waals surface area contributed by atoms with Gasteiger partial charge >= 0.3 is 6.18 Å². The molecule has 0 fully saturated rings. The number of halogens is 3. The second kappa shape index (κ2) is 6.04. The molecule has 1 aromatic rings. The van der Waals surface area contributed by atoms with Crippen LogP contribution in [0.2, 0.25) is 0 Å². The third-order valence-corrected chi connectivity index (χ3v) is 2.16. The summed E-state index contributed by atoms with van der Waals surface area (Å²) in [4.78, 5) is 9.90. The molecular formula is C11H9F3N2O3. The van der Waals surface area contributed by atoms with Crippen LogP contribution in [-0.2, 0) is 0 Å².